The van der Waals surface area contributed by atoms with E-state index in [-0.39, 0.29) is 16.6 Å². The summed E-state index contributed by atoms with van der Waals surface area (Å²) in [5, 5.41) is 17.3. The molecular weight excluding hydrogens is 362 g/mol. The number of aromatic nitrogens is 2. The Morgan fingerprint density at radius 1 is 1.07 bits per heavy atom. The first-order chi connectivity index (χ1) is 12.9. The summed E-state index contributed by atoms with van der Waals surface area (Å²) in [6, 6.07) is 15.0. The molecule has 2 aromatic carbocycles. The molecule has 0 bridgehead atoms. The Labute approximate surface area is 162 Å². The zero-order chi connectivity index (χ0) is 19.4. The Bertz CT molecular complexity index is 985. The van der Waals surface area contributed by atoms with Crippen molar-refractivity contribution < 1.29 is 9.90 Å². The number of hydrogen-bond acceptors (Lipinski definition) is 4. The van der Waals surface area contributed by atoms with E-state index in [2.05, 4.69) is 21.3 Å². The number of carbonyl (C=O) groups excluding carboxylic acids is 1. The zero-order valence-electron chi connectivity index (χ0n) is 14.9. The second-order valence-electron chi connectivity index (χ2n) is 5.98. The number of para-hydroxylation sites is 1. The highest BCUT2D eigenvalue weighted by Crippen LogP contribution is 2.18. The zero-order valence-corrected chi connectivity index (χ0v) is 15.7. The standard InChI is InChI=1S/C19H19N5O2S/c1-12-8-9-14(10-13(12)2)20-19(27)22-21-18(26)17-16(25)11-24(23-17)15-6-4-3-5-7-15/h3-11,25H,1-2H3,(H,21,26)(H2,20,22,27). The van der Waals surface area contributed by atoms with Crippen molar-refractivity contribution >= 4 is 28.9 Å². The van der Waals surface area contributed by atoms with Crippen molar-refractivity contribution in [1.29, 1.82) is 0 Å². The molecule has 0 radical (unpaired) electrons. The number of nitrogens with one attached hydrogen (secondary N) is 3. The second-order valence-corrected chi connectivity index (χ2v) is 6.38. The fourth-order valence-corrected chi connectivity index (χ4v) is 2.56. The predicted molar refractivity (Wildman–Crippen MR) is 108 cm³/mol. The summed E-state index contributed by atoms with van der Waals surface area (Å²) in [4.78, 5) is 12.3. The highest BCUT2D eigenvalue weighted by atomic mass is 32.1. The van der Waals surface area contributed by atoms with Gasteiger partial charge < -0.3 is 10.4 Å². The molecule has 0 fully saturated rings. The van der Waals surface area contributed by atoms with Crippen molar-refractivity contribution in [2.45, 2.75) is 13.8 Å². The molecule has 0 atom stereocenters. The molecule has 0 aliphatic carbocycles. The molecule has 0 saturated carbocycles. The number of benzene rings is 2. The van der Waals surface area contributed by atoms with Gasteiger partial charge in [0.2, 0.25) is 0 Å². The van der Waals surface area contributed by atoms with Crippen LogP contribution in [0.1, 0.15) is 21.6 Å². The molecule has 0 aliphatic heterocycles. The highest BCUT2D eigenvalue weighted by Gasteiger charge is 2.17. The maximum absolute atomic E-state index is 12.3. The molecule has 138 valence electrons. The van der Waals surface area contributed by atoms with E-state index in [1.54, 1.807) is 0 Å². The van der Waals surface area contributed by atoms with Gasteiger partial charge in [-0.25, -0.2) is 4.68 Å². The van der Waals surface area contributed by atoms with E-state index in [4.69, 9.17) is 12.2 Å². The molecule has 27 heavy (non-hydrogen) atoms. The quantitative estimate of drug-likeness (QED) is 0.412. The molecule has 1 heterocycles. The van der Waals surface area contributed by atoms with Crippen LogP contribution in [0.5, 0.6) is 5.75 Å². The van der Waals surface area contributed by atoms with E-state index >= 15 is 0 Å². The first kappa shape index (κ1) is 18.4. The summed E-state index contributed by atoms with van der Waals surface area (Å²) in [5.41, 5.74) is 8.75. The second kappa shape index (κ2) is 7.88. The van der Waals surface area contributed by atoms with Crippen LogP contribution in [0.3, 0.4) is 0 Å². The third kappa shape index (κ3) is 4.42. The van der Waals surface area contributed by atoms with E-state index in [9.17, 15) is 9.90 Å². The monoisotopic (exact) mass is 381 g/mol. The summed E-state index contributed by atoms with van der Waals surface area (Å²) in [5.74, 6) is -0.836. The summed E-state index contributed by atoms with van der Waals surface area (Å²) >= 11 is 5.17. The topological polar surface area (TPSA) is 91.2 Å². The van der Waals surface area contributed by atoms with Crippen LogP contribution in [0.2, 0.25) is 0 Å². The Morgan fingerprint density at radius 2 is 1.81 bits per heavy atom. The van der Waals surface area contributed by atoms with Gasteiger partial charge in [-0.2, -0.15) is 5.10 Å². The van der Waals surface area contributed by atoms with Gasteiger partial charge in [0, 0.05) is 5.69 Å². The first-order valence-electron chi connectivity index (χ1n) is 8.22. The van der Waals surface area contributed by atoms with E-state index in [0.29, 0.717) is 0 Å². The van der Waals surface area contributed by atoms with Gasteiger partial charge in [0.15, 0.2) is 16.6 Å². The SMILES string of the molecule is Cc1ccc(NC(=S)NNC(=O)c2nn(-c3ccccc3)cc2O)cc1C. The minimum absolute atomic E-state index is 0.111. The lowest BCUT2D eigenvalue weighted by Crippen LogP contribution is -2.44. The third-order valence-corrected chi connectivity index (χ3v) is 4.19. The molecule has 8 heteroatoms. The summed E-state index contributed by atoms with van der Waals surface area (Å²) in [6.07, 6.45) is 1.37. The van der Waals surface area contributed by atoms with Crippen LogP contribution >= 0.6 is 12.2 Å². The Kier molecular flexibility index (Phi) is 5.37. The lowest BCUT2D eigenvalue weighted by atomic mass is 10.1. The summed E-state index contributed by atoms with van der Waals surface area (Å²) in [6.45, 7) is 4.03. The number of aromatic hydroxyl groups is 1. The Balaban J connectivity index is 1.61. The van der Waals surface area contributed by atoms with E-state index in [1.165, 1.54) is 16.4 Å². The number of hydrogen-bond donors (Lipinski definition) is 4. The average Bonchev–Trinajstić information content (AvgIpc) is 3.05. The molecule has 0 unspecified atom stereocenters. The third-order valence-electron chi connectivity index (χ3n) is 3.99. The van der Waals surface area contributed by atoms with Crippen LogP contribution in [-0.2, 0) is 0 Å². The van der Waals surface area contributed by atoms with Crippen LogP contribution in [0.4, 0.5) is 5.69 Å². The van der Waals surface area contributed by atoms with Gasteiger partial charge >= 0.3 is 0 Å². The van der Waals surface area contributed by atoms with Crippen LogP contribution in [0.15, 0.2) is 54.7 Å². The van der Waals surface area contributed by atoms with Crippen LogP contribution in [0.25, 0.3) is 5.69 Å². The number of rotatable bonds is 3. The molecule has 7 nitrogen and oxygen atoms in total. The fraction of sp³-hybridized carbons (Fsp3) is 0.105. The van der Waals surface area contributed by atoms with Gasteiger partial charge in [0.1, 0.15) is 0 Å². The summed E-state index contributed by atoms with van der Waals surface area (Å²) < 4.78 is 1.43. The number of carbonyl (C=O) groups is 1. The van der Waals surface area contributed by atoms with Crippen LogP contribution < -0.4 is 16.2 Å². The molecule has 0 aliphatic rings. The average molecular weight is 381 g/mol. The maximum Gasteiger partial charge on any atom is 0.294 e. The molecule has 0 spiro atoms. The van der Waals surface area contributed by atoms with Gasteiger partial charge in [-0.1, -0.05) is 24.3 Å². The normalized spacial score (nSPS) is 10.3. The molecule has 3 aromatic rings. The largest absolute Gasteiger partial charge is 0.504 e. The molecule has 4 N–H and O–H groups in total. The minimum atomic E-state index is -0.605. The summed E-state index contributed by atoms with van der Waals surface area (Å²) in [7, 11) is 0. The van der Waals surface area contributed by atoms with Gasteiger partial charge in [-0.3, -0.25) is 15.6 Å². The number of hydrazine groups is 1. The van der Waals surface area contributed by atoms with Crippen molar-refractivity contribution in [2.75, 3.05) is 5.32 Å². The number of nitrogens with zero attached hydrogens (tertiary/aromatic N) is 2. The molecular formula is C19H19N5O2S. The first-order valence-corrected chi connectivity index (χ1v) is 8.63. The van der Waals surface area contributed by atoms with Crippen molar-refractivity contribution in [3.8, 4) is 11.4 Å². The van der Waals surface area contributed by atoms with Crippen molar-refractivity contribution in [3.05, 3.63) is 71.5 Å². The number of amides is 1. The Morgan fingerprint density at radius 3 is 2.52 bits per heavy atom. The fourth-order valence-electron chi connectivity index (χ4n) is 2.39. The molecule has 1 aromatic heterocycles. The predicted octanol–water partition coefficient (Wildman–Crippen LogP) is 2.83. The number of thiocarbonyl (C=S) groups is 1. The lowest BCUT2D eigenvalue weighted by molar-refractivity contribution is 0.0936. The molecule has 1 amide bonds. The maximum atomic E-state index is 12.3. The van der Waals surface area contributed by atoms with Crippen LogP contribution in [0, 0.1) is 13.8 Å². The molecule has 0 saturated heterocycles. The number of anilines is 1. The minimum Gasteiger partial charge on any atom is -0.504 e. The van der Waals surface area contributed by atoms with Crippen molar-refractivity contribution in [3.63, 3.8) is 0 Å². The number of aryl methyl sites for hydroxylation is 2. The molecule has 3 rings (SSSR count). The van der Waals surface area contributed by atoms with E-state index in [0.717, 1.165) is 16.9 Å². The van der Waals surface area contributed by atoms with Gasteiger partial charge in [-0.05, 0) is 61.5 Å². The lowest BCUT2D eigenvalue weighted by Gasteiger charge is -2.12. The van der Waals surface area contributed by atoms with Crippen LogP contribution in [-0.4, -0.2) is 25.9 Å². The van der Waals surface area contributed by atoms with E-state index in [1.807, 2.05) is 62.4 Å². The van der Waals surface area contributed by atoms with Gasteiger partial charge in [-0.15, -0.1) is 0 Å². The smallest absolute Gasteiger partial charge is 0.294 e. The van der Waals surface area contributed by atoms with E-state index < -0.39 is 5.91 Å². The van der Waals surface area contributed by atoms with Crippen molar-refractivity contribution in [1.82, 2.24) is 20.6 Å². The Hall–Kier alpha value is -3.39. The van der Waals surface area contributed by atoms with Gasteiger partial charge in [0.05, 0.1) is 11.9 Å². The van der Waals surface area contributed by atoms with Gasteiger partial charge in [0.25, 0.3) is 5.91 Å². The highest BCUT2D eigenvalue weighted by molar-refractivity contribution is 7.80. The van der Waals surface area contributed by atoms with Crippen molar-refractivity contribution in [2.24, 2.45) is 0 Å².